The highest BCUT2D eigenvalue weighted by molar-refractivity contribution is 6.02. The van der Waals surface area contributed by atoms with E-state index in [1.807, 2.05) is 43.3 Å². The molecule has 2 aromatic heterocycles. The van der Waals surface area contributed by atoms with E-state index >= 15 is 0 Å². The lowest BCUT2D eigenvalue weighted by Gasteiger charge is -2.08. The molecule has 0 unspecified atom stereocenters. The minimum absolute atomic E-state index is 0.183. The summed E-state index contributed by atoms with van der Waals surface area (Å²) in [6.07, 6.45) is 2.33. The lowest BCUT2D eigenvalue weighted by Crippen LogP contribution is -2.18. The molecule has 2 heterocycles. The van der Waals surface area contributed by atoms with Crippen LogP contribution in [0.25, 0.3) is 5.69 Å². The number of nitrogens with one attached hydrogen (secondary N) is 1. The van der Waals surface area contributed by atoms with Crippen molar-refractivity contribution in [2.45, 2.75) is 25.7 Å². The van der Waals surface area contributed by atoms with Crippen LogP contribution in [0.2, 0.25) is 0 Å². The molecule has 0 aliphatic heterocycles. The first kappa shape index (κ1) is 14.7. The summed E-state index contributed by atoms with van der Waals surface area (Å²) in [5, 5.41) is 11.9. The standard InChI is InChI=1S/C18H19N5O/c1-12-10-16(22(2)20-12)18(24)19-17-11-15(13-8-9-13)21-23(17)14-6-4-3-5-7-14/h3-7,10-11,13H,8-9H2,1-2H3,(H,19,24). The molecule has 122 valence electrons. The molecule has 1 aromatic carbocycles. The number of hydrogen-bond acceptors (Lipinski definition) is 3. The topological polar surface area (TPSA) is 64.7 Å². The van der Waals surface area contributed by atoms with Gasteiger partial charge in [-0.3, -0.25) is 9.48 Å². The first-order valence-corrected chi connectivity index (χ1v) is 8.09. The molecule has 1 amide bonds. The Morgan fingerprint density at radius 2 is 1.92 bits per heavy atom. The van der Waals surface area contributed by atoms with Crippen LogP contribution in [-0.4, -0.2) is 25.5 Å². The van der Waals surface area contributed by atoms with Crippen LogP contribution >= 0.6 is 0 Å². The molecule has 1 fully saturated rings. The highest BCUT2D eigenvalue weighted by atomic mass is 16.2. The molecule has 1 saturated carbocycles. The Morgan fingerprint density at radius 1 is 1.17 bits per heavy atom. The Hall–Kier alpha value is -2.89. The maximum Gasteiger partial charge on any atom is 0.275 e. The van der Waals surface area contributed by atoms with Crippen molar-refractivity contribution in [3.63, 3.8) is 0 Å². The second kappa shape index (κ2) is 5.63. The highest BCUT2D eigenvalue weighted by Gasteiger charge is 2.28. The van der Waals surface area contributed by atoms with E-state index in [-0.39, 0.29) is 5.91 Å². The van der Waals surface area contributed by atoms with Gasteiger partial charge >= 0.3 is 0 Å². The van der Waals surface area contributed by atoms with Crippen molar-refractivity contribution < 1.29 is 4.79 Å². The molecule has 0 spiro atoms. The van der Waals surface area contributed by atoms with Crippen LogP contribution in [0.5, 0.6) is 0 Å². The molecule has 24 heavy (non-hydrogen) atoms. The lowest BCUT2D eigenvalue weighted by atomic mass is 10.3. The fourth-order valence-corrected chi connectivity index (χ4v) is 2.84. The molecular weight excluding hydrogens is 302 g/mol. The quantitative estimate of drug-likeness (QED) is 0.803. The van der Waals surface area contributed by atoms with Gasteiger partial charge in [0.1, 0.15) is 11.5 Å². The Balaban J connectivity index is 1.69. The molecule has 0 radical (unpaired) electrons. The summed E-state index contributed by atoms with van der Waals surface area (Å²) in [5.41, 5.74) is 3.32. The highest BCUT2D eigenvalue weighted by Crippen LogP contribution is 2.40. The number of aryl methyl sites for hydroxylation is 2. The summed E-state index contributed by atoms with van der Waals surface area (Å²) in [6, 6.07) is 13.6. The second-order valence-corrected chi connectivity index (χ2v) is 6.22. The molecule has 0 saturated heterocycles. The molecular formula is C18H19N5O. The zero-order valence-corrected chi connectivity index (χ0v) is 13.7. The van der Waals surface area contributed by atoms with Gasteiger partial charge in [0.05, 0.1) is 17.1 Å². The van der Waals surface area contributed by atoms with Crippen LogP contribution in [0.15, 0.2) is 42.5 Å². The zero-order chi connectivity index (χ0) is 16.7. The third-order valence-electron chi connectivity index (χ3n) is 4.20. The van der Waals surface area contributed by atoms with Gasteiger partial charge in [0.15, 0.2) is 0 Å². The third kappa shape index (κ3) is 2.71. The van der Waals surface area contributed by atoms with Gasteiger partial charge in [-0.05, 0) is 38.0 Å². The van der Waals surface area contributed by atoms with Gasteiger partial charge < -0.3 is 5.32 Å². The third-order valence-corrected chi connectivity index (χ3v) is 4.20. The number of anilines is 1. The molecule has 6 heteroatoms. The summed E-state index contributed by atoms with van der Waals surface area (Å²) in [7, 11) is 1.77. The van der Waals surface area contributed by atoms with Crippen molar-refractivity contribution in [2.75, 3.05) is 5.32 Å². The van der Waals surface area contributed by atoms with E-state index in [0.29, 0.717) is 17.4 Å². The molecule has 1 aliphatic carbocycles. The monoisotopic (exact) mass is 321 g/mol. The number of benzene rings is 1. The summed E-state index contributed by atoms with van der Waals surface area (Å²) < 4.78 is 3.39. The van der Waals surface area contributed by atoms with Gasteiger partial charge in [-0.1, -0.05) is 18.2 Å². The van der Waals surface area contributed by atoms with Crippen LogP contribution in [-0.2, 0) is 7.05 Å². The summed E-state index contributed by atoms with van der Waals surface area (Å²) in [5.74, 6) is 1.02. The van der Waals surface area contributed by atoms with Crippen molar-refractivity contribution in [3.8, 4) is 5.69 Å². The number of nitrogens with zero attached hydrogens (tertiary/aromatic N) is 4. The number of carbonyl (C=O) groups excluding carboxylic acids is 1. The van der Waals surface area contributed by atoms with E-state index in [1.165, 1.54) is 12.8 Å². The Bertz CT molecular complexity index is 890. The van der Waals surface area contributed by atoms with Gasteiger partial charge in [-0.15, -0.1) is 0 Å². The maximum atomic E-state index is 12.6. The molecule has 0 atom stereocenters. The number of hydrogen-bond donors (Lipinski definition) is 1. The van der Waals surface area contributed by atoms with E-state index in [1.54, 1.807) is 22.5 Å². The number of aromatic nitrogens is 4. The van der Waals surface area contributed by atoms with E-state index in [0.717, 1.165) is 17.1 Å². The lowest BCUT2D eigenvalue weighted by molar-refractivity contribution is 0.101. The van der Waals surface area contributed by atoms with E-state index in [4.69, 9.17) is 5.10 Å². The Kier molecular flexibility index (Phi) is 3.45. The van der Waals surface area contributed by atoms with E-state index in [2.05, 4.69) is 10.4 Å². The molecule has 6 nitrogen and oxygen atoms in total. The minimum Gasteiger partial charge on any atom is -0.305 e. The number of rotatable bonds is 4. The Morgan fingerprint density at radius 3 is 2.54 bits per heavy atom. The van der Waals surface area contributed by atoms with Gasteiger partial charge in [-0.25, -0.2) is 4.68 Å². The number of para-hydroxylation sites is 1. The molecule has 4 rings (SSSR count). The van der Waals surface area contributed by atoms with Crippen molar-refractivity contribution in [3.05, 3.63) is 59.5 Å². The average Bonchev–Trinajstić information content (AvgIpc) is 3.25. The maximum absolute atomic E-state index is 12.6. The first-order valence-electron chi connectivity index (χ1n) is 8.09. The van der Waals surface area contributed by atoms with Gasteiger partial charge in [0.25, 0.3) is 5.91 Å². The van der Waals surface area contributed by atoms with Gasteiger partial charge in [0.2, 0.25) is 0 Å². The smallest absolute Gasteiger partial charge is 0.275 e. The largest absolute Gasteiger partial charge is 0.305 e. The minimum atomic E-state index is -0.183. The van der Waals surface area contributed by atoms with E-state index in [9.17, 15) is 4.79 Å². The molecule has 1 aliphatic rings. The number of amides is 1. The number of carbonyl (C=O) groups is 1. The van der Waals surface area contributed by atoms with Crippen LogP contribution in [0.4, 0.5) is 5.82 Å². The predicted octanol–water partition coefficient (Wildman–Crippen LogP) is 3.04. The zero-order valence-electron chi connectivity index (χ0n) is 13.7. The van der Waals surface area contributed by atoms with Gasteiger partial charge in [-0.2, -0.15) is 10.2 Å². The first-order chi connectivity index (χ1) is 11.6. The van der Waals surface area contributed by atoms with Crippen molar-refractivity contribution in [2.24, 2.45) is 7.05 Å². The summed E-state index contributed by atoms with van der Waals surface area (Å²) in [4.78, 5) is 12.6. The van der Waals surface area contributed by atoms with Crippen LogP contribution in [0.3, 0.4) is 0 Å². The molecule has 0 bridgehead atoms. The molecule has 3 aromatic rings. The summed E-state index contributed by atoms with van der Waals surface area (Å²) in [6.45, 7) is 1.87. The van der Waals surface area contributed by atoms with E-state index < -0.39 is 0 Å². The van der Waals surface area contributed by atoms with Crippen LogP contribution in [0.1, 0.15) is 40.6 Å². The van der Waals surface area contributed by atoms with Crippen molar-refractivity contribution >= 4 is 11.7 Å². The average molecular weight is 321 g/mol. The normalized spacial score (nSPS) is 13.9. The molecule has 1 N–H and O–H groups in total. The van der Waals surface area contributed by atoms with Gasteiger partial charge in [0, 0.05) is 19.0 Å². The predicted molar refractivity (Wildman–Crippen MR) is 91.4 cm³/mol. The Labute approximate surface area is 140 Å². The van der Waals surface area contributed by atoms with Crippen molar-refractivity contribution in [1.82, 2.24) is 19.6 Å². The van der Waals surface area contributed by atoms with Crippen LogP contribution in [0, 0.1) is 6.92 Å². The fraction of sp³-hybridized carbons (Fsp3) is 0.278. The van der Waals surface area contributed by atoms with Crippen molar-refractivity contribution in [1.29, 1.82) is 0 Å². The fourth-order valence-electron chi connectivity index (χ4n) is 2.84. The van der Waals surface area contributed by atoms with Crippen LogP contribution < -0.4 is 5.32 Å². The SMILES string of the molecule is Cc1cc(C(=O)Nc2cc(C3CC3)nn2-c2ccccc2)n(C)n1. The second-order valence-electron chi connectivity index (χ2n) is 6.22. The summed E-state index contributed by atoms with van der Waals surface area (Å²) >= 11 is 0.